The Hall–Kier alpha value is -1.10. The number of carboxylic acids is 1. The van der Waals surface area contributed by atoms with Gasteiger partial charge in [-0.05, 0) is 6.42 Å². The first-order chi connectivity index (χ1) is 7.72. The Balaban J connectivity index is 3.57. The quantitative estimate of drug-likeness (QED) is 0.488. The van der Waals surface area contributed by atoms with E-state index in [1.54, 1.807) is 6.92 Å². The number of quaternary nitrogens is 1. The summed E-state index contributed by atoms with van der Waals surface area (Å²) in [5.74, 6) is -1.35. The monoisotopic (exact) mass is 245 g/mol. The van der Waals surface area contributed by atoms with Crippen LogP contribution in [0.15, 0.2) is 0 Å². The van der Waals surface area contributed by atoms with Crippen LogP contribution in [0, 0.1) is 5.92 Å². The van der Waals surface area contributed by atoms with Gasteiger partial charge in [0.05, 0.1) is 33.6 Å². The maximum Gasteiger partial charge on any atom is 0.306 e. The smallest absolute Gasteiger partial charge is 0.306 e. The normalized spacial score (nSPS) is 13.2. The van der Waals surface area contributed by atoms with E-state index >= 15 is 0 Å². The summed E-state index contributed by atoms with van der Waals surface area (Å²) in [4.78, 5) is 21.9. The molecule has 0 fully saturated rings. The zero-order valence-corrected chi connectivity index (χ0v) is 11.3. The van der Waals surface area contributed by atoms with Crippen LogP contribution in [0.25, 0.3) is 0 Å². The van der Waals surface area contributed by atoms with Crippen molar-refractivity contribution in [1.29, 1.82) is 0 Å². The van der Waals surface area contributed by atoms with Crippen LogP contribution in [0.3, 0.4) is 0 Å². The molecule has 0 aromatic heterocycles. The van der Waals surface area contributed by atoms with Crippen molar-refractivity contribution in [2.75, 3.05) is 34.2 Å². The molecule has 0 aliphatic carbocycles. The van der Waals surface area contributed by atoms with Gasteiger partial charge in [-0.3, -0.25) is 9.59 Å². The number of hydrogen-bond acceptors (Lipinski definition) is 2. The molecule has 0 saturated heterocycles. The highest BCUT2D eigenvalue weighted by Crippen LogP contribution is 2.04. The number of nitrogens with one attached hydrogen (secondary N) is 1. The molecule has 0 aliphatic rings. The van der Waals surface area contributed by atoms with Gasteiger partial charge in [-0.2, -0.15) is 0 Å². The van der Waals surface area contributed by atoms with E-state index in [-0.39, 0.29) is 12.3 Å². The standard InChI is InChI=1S/C12H24N2O3/c1-10(12(16)17)6-7-11(15)13-8-5-9-14(2,3)4/h10H,5-9H2,1-4H3,(H-,13,15,16,17)/p+1. The lowest BCUT2D eigenvalue weighted by Crippen LogP contribution is -2.37. The van der Waals surface area contributed by atoms with Gasteiger partial charge in [0.25, 0.3) is 0 Å². The van der Waals surface area contributed by atoms with Crippen molar-refractivity contribution < 1.29 is 19.2 Å². The first kappa shape index (κ1) is 15.9. The molecule has 0 heterocycles. The summed E-state index contributed by atoms with van der Waals surface area (Å²) < 4.78 is 0.881. The van der Waals surface area contributed by atoms with Gasteiger partial charge in [-0.15, -0.1) is 0 Å². The second-order valence-corrected chi connectivity index (χ2v) is 5.50. The van der Waals surface area contributed by atoms with Gasteiger partial charge in [0.2, 0.25) is 5.91 Å². The van der Waals surface area contributed by atoms with Gasteiger partial charge in [-0.25, -0.2) is 0 Å². The molecule has 17 heavy (non-hydrogen) atoms. The van der Waals surface area contributed by atoms with Crippen molar-refractivity contribution in [3.63, 3.8) is 0 Å². The lowest BCUT2D eigenvalue weighted by molar-refractivity contribution is -0.870. The predicted octanol–water partition coefficient (Wildman–Crippen LogP) is 0.700. The number of nitrogens with zero attached hydrogens (tertiary/aromatic N) is 1. The molecule has 1 amide bonds. The molecule has 1 atom stereocenters. The van der Waals surface area contributed by atoms with Crippen LogP contribution in [0.1, 0.15) is 26.2 Å². The van der Waals surface area contributed by atoms with Gasteiger partial charge in [0.1, 0.15) is 0 Å². The van der Waals surface area contributed by atoms with E-state index < -0.39 is 11.9 Å². The van der Waals surface area contributed by atoms with Crippen LogP contribution >= 0.6 is 0 Å². The van der Waals surface area contributed by atoms with Crippen LogP contribution in [-0.4, -0.2) is 55.7 Å². The Morgan fingerprint density at radius 1 is 1.29 bits per heavy atom. The number of hydrogen-bond donors (Lipinski definition) is 2. The zero-order chi connectivity index (χ0) is 13.5. The predicted molar refractivity (Wildman–Crippen MR) is 66.6 cm³/mol. The van der Waals surface area contributed by atoms with Crippen molar-refractivity contribution in [1.82, 2.24) is 5.32 Å². The number of carboxylic acid groups (broad SMARTS) is 1. The van der Waals surface area contributed by atoms with E-state index in [2.05, 4.69) is 26.5 Å². The third-order valence-electron chi connectivity index (χ3n) is 2.55. The Morgan fingerprint density at radius 3 is 2.35 bits per heavy atom. The molecule has 1 unspecified atom stereocenters. The molecular weight excluding hydrogens is 220 g/mol. The second-order valence-electron chi connectivity index (χ2n) is 5.50. The van der Waals surface area contributed by atoms with Crippen LogP contribution < -0.4 is 5.32 Å². The number of carbonyl (C=O) groups excluding carboxylic acids is 1. The highest BCUT2D eigenvalue weighted by Gasteiger charge is 2.13. The molecule has 0 spiro atoms. The molecule has 0 aliphatic heterocycles. The zero-order valence-electron chi connectivity index (χ0n) is 11.3. The minimum Gasteiger partial charge on any atom is -0.481 e. The SMILES string of the molecule is CC(CCC(=O)NCCC[N+](C)(C)C)C(=O)O. The van der Waals surface area contributed by atoms with E-state index in [1.165, 1.54) is 0 Å². The Bertz CT molecular complexity index is 259. The number of amides is 1. The molecule has 5 nitrogen and oxygen atoms in total. The molecule has 0 radical (unpaired) electrons. The maximum atomic E-state index is 11.4. The largest absolute Gasteiger partial charge is 0.481 e. The minimum absolute atomic E-state index is 0.0560. The number of rotatable bonds is 8. The number of aliphatic carboxylic acids is 1. The summed E-state index contributed by atoms with van der Waals surface area (Å²) in [6.45, 7) is 3.29. The van der Waals surface area contributed by atoms with E-state index in [0.717, 1.165) is 17.4 Å². The lowest BCUT2D eigenvalue weighted by Gasteiger charge is -2.23. The van der Waals surface area contributed by atoms with Gasteiger partial charge in [0, 0.05) is 19.4 Å². The van der Waals surface area contributed by atoms with Crippen molar-refractivity contribution >= 4 is 11.9 Å². The van der Waals surface area contributed by atoms with Crippen LogP contribution in [0.4, 0.5) is 0 Å². The average molecular weight is 245 g/mol. The van der Waals surface area contributed by atoms with Gasteiger partial charge < -0.3 is 14.9 Å². The summed E-state index contributed by atoms with van der Waals surface area (Å²) in [7, 11) is 6.32. The fourth-order valence-electron chi connectivity index (χ4n) is 1.34. The van der Waals surface area contributed by atoms with E-state index in [1.807, 2.05) is 0 Å². The summed E-state index contributed by atoms with van der Waals surface area (Å²) in [6, 6.07) is 0. The van der Waals surface area contributed by atoms with Crippen molar-refractivity contribution in [3.05, 3.63) is 0 Å². The molecule has 0 saturated carbocycles. The summed E-state index contributed by atoms with van der Waals surface area (Å²) in [6.07, 6.45) is 1.62. The van der Waals surface area contributed by atoms with Gasteiger partial charge in [-0.1, -0.05) is 6.92 Å². The minimum atomic E-state index is -0.845. The van der Waals surface area contributed by atoms with Crippen LogP contribution in [0.2, 0.25) is 0 Å². The first-order valence-electron chi connectivity index (χ1n) is 6.02. The summed E-state index contributed by atoms with van der Waals surface area (Å²) >= 11 is 0. The van der Waals surface area contributed by atoms with E-state index in [4.69, 9.17) is 5.11 Å². The van der Waals surface area contributed by atoms with Crippen LogP contribution in [-0.2, 0) is 9.59 Å². The molecule has 0 bridgehead atoms. The highest BCUT2D eigenvalue weighted by molar-refractivity contribution is 5.77. The van der Waals surface area contributed by atoms with E-state index in [9.17, 15) is 9.59 Å². The van der Waals surface area contributed by atoms with Crippen molar-refractivity contribution in [2.24, 2.45) is 5.92 Å². The molecular formula is C12H25N2O3+. The Labute approximate surface area is 103 Å². The molecule has 2 N–H and O–H groups in total. The molecule has 0 aromatic rings. The summed E-state index contributed by atoms with van der Waals surface area (Å²) in [5, 5.41) is 11.5. The fraction of sp³-hybridized carbons (Fsp3) is 0.833. The van der Waals surface area contributed by atoms with Crippen molar-refractivity contribution in [2.45, 2.75) is 26.2 Å². The van der Waals surface area contributed by atoms with Crippen LogP contribution in [0.5, 0.6) is 0 Å². The van der Waals surface area contributed by atoms with E-state index in [0.29, 0.717) is 13.0 Å². The number of carbonyl (C=O) groups is 2. The molecule has 100 valence electrons. The Morgan fingerprint density at radius 2 is 1.88 bits per heavy atom. The summed E-state index contributed by atoms with van der Waals surface area (Å²) in [5.41, 5.74) is 0. The lowest BCUT2D eigenvalue weighted by atomic mass is 10.1. The maximum absolute atomic E-state index is 11.4. The van der Waals surface area contributed by atoms with Crippen molar-refractivity contribution in [3.8, 4) is 0 Å². The van der Waals surface area contributed by atoms with Gasteiger partial charge in [0.15, 0.2) is 0 Å². The highest BCUT2D eigenvalue weighted by atomic mass is 16.4. The molecule has 5 heteroatoms. The third-order valence-corrected chi connectivity index (χ3v) is 2.55. The Kier molecular flexibility index (Phi) is 6.80. The fourth-order valence-corrected chi connectivity index (χ4v) is 1.34. The second kappa shape index (κ2) is 7.27. The molecule has 0 rings (SSSR count). The molecule has 0 aromatic carbocycles. The topological polar surface area (TPSA) is 66.4 Å². The first-order valence-corrected chi connectivity index (χ1v) is 6.02. The van der Waals surface area contributed by atoms with Gasteiger partial charge >= 0.3 is 5.97 Å². The third kappa shape index (κ3) is 9.81. The average Bonchev–Trinajstić information content (AvgIpc) is 2.19.